The molecule has 0 aliphatic carbocycles. The van der Waals surface area contributed by atoms with E-state index in [4.69, 9.17) is 15.2 Å². The first-order valence-corrected chi connectivity index (χ1v) is 8.73. The summed E-state index contributed by atoms with van der Waals surface area (Å²) in [7, 11) is 0. The maximum absolute atomic E-state index is 12.2. The molecule has 0 bridgehead atoms. The van der Waals surface area contributed by atoms with Crippen LogP contribution in [0.4, 0.5) is 10.5 Å². The largest absolute Gasteiger partial charge is 0.488 e. The van der Waals surface area contributed by atoms with Crippen LogP contribution in [0.3, 0.4) is 0 Å². The molecule has 2 amide bonds. The van der Waals surface area contributed by atoms with Crippen LogP contribution in [-0.2, 0) is 9.53 Å². The predicted molar refractivity (Wildman–Crippen MR) is 99.1 cm³/mol. The molecule has 1 aromatic carbocycles. The van der Waals surface area contributed by atoms with Crippen molar-refractivity contribution in [2.24, 2.45) is 5.73 Å². The molecule has 7 heteroatoms. The lowest BCUT2D eigenvalue weighted by Crippen LogP contribution is -2.50. The van der Waals surface area contributed by atoms with Crippen LogP contribution in [0.15, 0.2) is 23.8 Å². The van der Waals surface area contributed by atoms with Crippen molar-refractivity contribution in [2.75, 3.05) is 37.7 Å². The number of primary amides is 1. The van der Waals surface area contributed by atoms with Gasteiger partial charge in [-0.3, -0.25) is 4.79 Å². The third kappa shape index (κ3) is 4.09. The van der Waals surface area contributed by atoms with Gasteiger partial charge in [-0.1, -0.05) is 0 Å². The van der Waals surface area contributed by atoms with Gasteiger partial charge in [0.15, 0.2) is 0 Å². The molecule has 26 heavy (non-hydrogen) atoms. The first-order chi connectivity index (χ1) is 12.2. The van der Waals surface area contributed by atoms with E-state index in [1.54, 1.807) is 11.0 Å². The summed E-state index contributed by atoms with van der Waals surface area (Å²) in [6.07, 6.45) is 1.50. The number of hydrogen-bond donors (Lipinski definition) is 1. The quantitative estimate of drug-likeness (QED) is 0.873. The van der Waals surface area contributed by atoms with Gasteiger partial charge >= 0.3 is 6.09 Å². The predicted octanol–water partition coefficient (Wildman–Crippen LogP) is 2.00. The first-order valence-electron chi connectivity index (χ1n) is 8.73. The van der Waals surface area contributed by atoms with Crippen molar-refractivity contribution in [3.8, 4) is 5.75 Å². The number of anilines is 1. The van der Waals surface area contributed by atoms with Crippen molar-refractivity contribution in [3.63, 3.8) is 0 Å². The molecule has 0 unspecified atom stereocenters. The second-order valence-corrected chi connectivity index (χ2v) is 7.50. The fourth-order valence-electron chi connectivity index (χ4n) is 2.96. The molecule has 2 aliphatic rings. The zero-order valence-corrected chi connectivity index (χ0v) is 15.4. The smallest absolute Gasteiger partial charge is 0.410 e. The Morgan fingerprint density at radius 3 is 2.46 bits per heavy atom. The van der Waals surface area contributed by atoms with Crippen molar-refractivity contribution < 1.29 is 19.1 Å². The van der Waals surface area contributed by atoms with E-state index in [9.17, 15) is 9.59 Å². The standard InChI is InChI=1S/C19H25N3O4/c1-19(2,3)26-18(24)22-8-6-21(7-9-22)15-5-4-13-10-14(17(20)23)12-25-16(13)11-15/h4-5,10-11H,6-9,12H2,1-3H3,(H2,20,23). The maximum Gasteiger partial charge on any atom is 0.410 e. The highest BCUT2D eigenvalue weighted by molar-refractivity contribution is 5.98. The molecule has 3 rings (SSSR count). The summed E-state index contributed by atoms with van der Waals surface area (Å²) < 4.78 is 11.1. The molecular weight excluding hydrogens is 334 g/mol. The fraction of sp³-hybridized carbons (Fsp3) is 0.474. The van der Waals surface area contributed by atoms with Crippen molar-refractivity contribution in [1.29, 1.82) is 0 Å². The lowest BCUT2D eigenvalue weighted by molar-refractivity contribution is -0.114. The monoisotopic (exact) mass is 359 g/mol. The number of hydrogen-bond acceptors (Lipinski definition) is 5. The molecular formula is C19H25N3O4. The molecule has 1 saturated heterocycles. The minimum atomic E-state index is -0.485. The van der Waals surface area contributed by atoms with E-state index in [2.05, 4.69) is 4.90 Å². The Kier molecular flexibility index (Phi) is 4.80. The van der Waals surface area contributed by atoms with E-state index in [0.29, 0.717) is 18.7 Å². The van der Waals surface area contributed by atoms with E-state index in [0.717, 1.165) is 30.1 Å². The Morgan fingerprint density at radius 2 is 1.85 bits per heavy atom. The zero-order chi connectivity index (χ0) is 18.9. The van der Waals surface area contributed by atoms with E-state index >= 15 is 0 Å². The molecule has 1 fully saturated rings. The van der Waals surface area contributed by atoms with Crippen molar-refractivity contribution in [2.45, 2.75) is 26.4 Å². The highest BCUT2D eigenvalue weighted by atomic mass is 16.6. The number of carbonyl (C=O) groups is 2. The second-order valence-electron chi connectivity index (χ2n) is 7.50. The number of ether oxygens (including phenoxy) is 2. The number of nitrogens with two attached hydrogens (primary N) is 1. The zero-order valence-electron chi connectivity index (χ0n) is 15.4. The summed E-state index contributed by atoms with van der Waals surface area (Å²) in [4.78, 5) is 27.4. The number of benzene rings is 1. The van der Waals surface area contributed by atoms with Crippen LogP contribution in [0.2, 0.25) is 0 Å². The normalized spacial score (nSPS) is 17.1. The van der Waals surface area contributed by atoms with Crippen LogP contribution in [0.1, 0.15) is 26.3 Å². The van der Waals surface area contributed by atoms with E-state index in [-0.39, 0.29) is 12.7 Å². The Morgan fingerprint density at radius 1 is 1.15 bits per heavy atom. The van der Waals surface area contributed by atoms with Gasteiger partial charge in [-0.25, -0.2) is 4.79 Å². The van der Waals surface area contributed by atoms with Gasteiger partial charge < -0.3 is 25.0 Å². The van der Waals surface area contributed by atoms with Crippen LogP contribution in [0.25, 0.3) is 6.08 Å². The molecule has 2 N–H and O–H groups in total. The summed E-state index contributed by atoms with van der Waals surface area (Å²) in [5.74, 6) is 0.278. The Labute approximate surface area is 153 Å². The molecule has 0 spiro atoms. The first kappa shape index (κ1) is 18.1. The number of nitrogens with zero attached hydrogens (tertiary/aromatic N) is 2. The molecule has 2 heterocycles. The third-order valence-corrected chi connectivity index (χ3v) is 4.32. The summed E-state index contributed by atoms with van der Waals surface area (Å²) in [6.45, 7) is 8.46. The van der Waals surface area contributed by atoms with E-state index < -0.39 is 11.5 Å². The molecule has 0 atom stereocenters. The molecule has 7 nitrogen and oxygen atoms in total. The van der Waals surface area contributed by atoms with Crippen LogP contribution in [-0.4, -0.2) is 55.3 Å². The van der Waals surface area contributed by atoms with Gasteiger partial charge in [-0.05, 0) is 39.0 Å². The van der Waals surface area contributed by atoms with Gasteiger partial charge in [0.1, 0.15) is 18.0 Å². The molecule has 140 valence electrons. The summed E-state index contributed by atoms with van der Waals surface area (Å²) in [5.41, 5.74) is 7.17. The highest BCUT2D eigenvalue weighted by Gasteiger charge is 2.26. The lowest BCUT2D eigenvalue weighted by atomic mass is 10.1. The fourth-order valence-corrected chi connectivity index (χ4v) is 2.96. The molecule has 1 aromatic rings. The lowest BCUT2D eigenvalue weighted by Gasteiger charge is -2.37. The van der Waals surface area contributed by atoms with E-state index in [1.165, 1.54) is 0 Å². The average molecular weight is 359 g/mol. The van der Waals surface area contributed by atoms with Crippen LogP contribution in [0, 0.1) is 0 Å². The minimum Gasteiger partial charge on any atom is -0.488 e. The van der Waals surface area contributed by atoms with Crippen LogP contribution < -0.4 is 15.4 Å². The van der Waals surface area contributed by atoms with Gasteiger partial charge in [-0.15, -0.1) is 0 Å². The van der Waals surface area contributed by atoms with Crippen LogP contribution in [0.5, 0.6) is 5.75 Å². The molecule has 0 saturated carbocycles. The summed E-state index contributed by atoms with van der Waals surface area (Å²) in [5, 5.41) is 0. The second kappa shape index (κ2) is 6.90. The topological polar surface area (TPSA) is 85.1 Å². The summed E-state index contributed by atoms with van der Waals surface area (Å²) >= 11 is 0. The number of amides is 2. The Hall–Kier alpha value is -2.70. The Bertz CT molecular complexity index is 744. The molecule has 0 radical (unpaired) electrons. The number of rotatable bonds is 2. The van der Waals surface area contributed by atoms with Crippen molar-refractivity contribution in [3.05, 3.63) is 29.3 Å². The average Bonchev–Trinajstić information content (AvgIpc) is 2.59. The van der Waals surface area contributed by atoms with Gasteiger partial charge in [0, 0.05) is 43.5 Å². The highest BCUT2D eigenvalue weighted by Crippen LogP contribution is 2.31. The van der Waals surface area contributed by atoms with Gasteiger partial charge in [-0.2, -0.15) is 0 Å². The summed E-state index contributed by atoms with van der Waals surface area (Å²) in [6, 6.07) is 5.88. The Balaban J connectivity index is 1.64. The van der Waals surface area contributed by atoms with Gasteiger partial charge in [0.05, 0.1) is 5.57 Å². The van der Waals surface area contributed by atoms with Crippen LogP contribution >= 0.6 is 0 Å². The van der Waals surface area contributed by atoms with Crippen molar-refractivity contribution >= 4 is 23.8 Å². The van der Waals surface area contributed by atoms with Gasteiger partial charge in [0.2, 0.25) is 5.91 Å². The SMILES string of the molecule is CC(C)(C)OC(=O)N1CCN(c2ccc3c(c2)OCC(C(N)=O)=C3)CC1. The van der Waals surface area contributed by atoms with E-state index in [1.807, 2.05) is 39.0 Å². The van der Waals surface area contributed by atoms with Gasteiger partial charge in [0.25, 0.3) is 0 Å². The number of piperazine rings is 1. The van der Waals surface area contributed by atoms with Crippen molar-refractivity contribution in [1.82, 2.24) is 4.90 Å². The number of fused-ring (bicyclic) bond motifs is 1. The third-order valence-electron chi connectivity index (χ3n) is 4.32. The molecule has 0 aromatic heterocycles. The maximum atomic E-state index is 12.2. The number of carbonyl (C=O) groups excluding carboxylic acids is 2. The minimum absolute atomic E-state index is 0.193. The molecule has 2 aliphatic heterocycles.